The van der Waals surface area contributed by atoms with Gasteiger partial charge in [-0.25, -0.2) is 4.89 Å². The molecule has 0 radical (unpaired) electrons. The van der Waals surface area contributed by atoms with Gasteiger partial charge in [0.05, 0.1) is 12.7 Å². The zero-order valence-electron chi connectivity index (χ0n) is 14.3. The summed E-state index contributed by atoms with van der Waals surface area (Å²) in [6.07, 6.45) is 0. The molecule has 3 rings (SSSR count). The van der Waals surface area contributed by atoms with Crippen LogP contribution in [0, 0.1) is 0 Å². The Morgan fingerprint density at radius 3 is 2.50 bits per heavy atom. The van der Waals surface area contributed by atoms with Crippen molar-refractivity contribution in [3.8, 4) is 11.3 Å². The lowest BCUT2D eigenvalue weighted by atomic mass is 10.2. The summed E-state index contributed by atoms with van der Waals surface area (Å²) in [4.78, 5) is 22.5. The minimum Gasteiger partial charge on any atom is -0.460 e. The number of nitrogens with zero attached hydrogens (tertiary/aromatic N) is 1. The molecule has 0 aliphatic heterocycles. The second-order valence-corrected chi connectivity index (χ2v) is 8.53. The van der Waals surface area contributed by atoms with E-state index in [0.717, 1.165) is 11.1 Å². The minimum absolute atomic E-state index is 0.116. The number of benzene rings is 2. The Morgan fingerprint density at radius 1 is 1.15 bits per heavy atom. The van der Waals surface area contributed by atoms with Gasteiger partial charge in [-0.1, -0.05) is 65.8 Å². The van der Waals surface area contributed by atoms with Crippen LogP contribution in [0.2, 0.25) is 0 Å². The maximum atomic E-state index is 11.9. The average Bonchev–Trinajstić information content (AvgIpc) is 3.18. The normalized spacial score (nSPS) is 13.2. The van der Waals surface area contributed by atoms with Crippen LogP contribution in [0.15, 0.2) is 71.3 Å². The molecule has 1 heterocycles. The molecular formula is C19H20N2O4P+. The van der Waals surface area contributed by atoms with Gasteiger partial charge in [-0.05, 0) is 5.56 Å². The van der Waals surface area contributed by atoms with Crippen LogP contribution in [0.25, 0.3) is 11.3 Å². The Labute approximate surface area is 152 Å². The van der Waals surface area contributed by atoms with Gasteiger partial charge in [0.25, 0.3) is 7.64 Å². The highest BCUT2D eigenvalue weighted by atomic mass is 31.2. The van der Waals surface area contributed by atoms with E-state index in [1.54, 1.807) is 12.7 Å². The summed E-state index contributed by atoms with van der Waals surface area (Å²) in [5.41, 5.74) is 2.76. The van der Waals surface area contributed by atoms with E-state index in [2.05, 4.69) is 10.2 Å². The molecule has 3 aromatic rings. The third-order valence-electron chi connectivity index (χ3n) is 3.77. The van der Waals surface area contributed by atoms with E-state index in [1.807, 2.05) is 60.7 Å². The summed E-state index contributed by atoms with van der Waals surface area (Å²) >= 11 is 0. The molecule has 0 amide bonds. The van der Waals surface area contributed by atoms with Gasteiger partial charge in [-0.15, -0.1) is 5.09 Å². The van der Waals surface area contributed by atoms with Crippen molar-refractivity contribution in [2.75, 3.05) is 13.2 Å². The zero-order valence-corrected chi connectivity index (χ0v) is 15.2. The number of hydrogen-bond donors (Lipinski definition) is 2. The highest BCUT2D eigenvalue weighted by Crippen LogP contribution is 2.44. The van der Waals surface area contributed by atoms with Gasteiger partial charge in [0, 0.05) is 5.56 Å². The Hall–Kier alpha value is -2.53. The molecule has 26 heavy (non-hydrogen) atoms. The van der Waals surface area contributed by atoms with Crippen molar-refractivity contribution in [1.29, 1.82) is 0 Å². The number of aromatic nitrogens is 1. The minimum atomic E-state index is -2.82. The summed E-state index contributed by atoms with van der Waals surface area (Å²) in [5.74, 6) is -0.447. The summed E-state index contributed by atoms with van der Waals surface area (Å²) < 4.78 is 10.5. The van der Waals surface area contributed by atoms with Crippen molar-refractivity contribution in [2.24, 2.45) is 0 Å². The van der Waals surface area contributed by atoms with Crippen molar-refractivity contribution in [3.63, 3.8) is 0 Å². The van der Waals surface area contributed by atoms with E-state index in [1.165, 1.54) is 0 Å². The van der Waals surface area contributed by atoms with Gasteiger partial charge in [-0.2, -0.15) is 0 Å². The van der Waals surface area contributed by atoms with E-state index in [4.69, 9.17) is 9.26 Å². The van der Waals surface area contributed by atoms with Crippen LogP contribution in [-0.4, -0.2) is 29.2 Å². The first-order valence-corrected chi connectivity index (χ1v) is 10.3. The van der Waals surface area contributed by atoms with Crippen molar-refractivity contribution in [1.82, 2.24) is 10.2 Å². The van der Waals surface area contributed by atoms with Crippen molar-refractivity contribution in [2.45, 2.75) is 6.61 Å². The maximum Gasteiger partial charge on any atom is 0.323 e. The topological polar surface area (TPSA) is 84.6 Å². The lowest BCUT2D eigenvalue weighted by Crippen LogP contribution is -2.29. The molecule has 0 bridgehead atoms. The predicted octanol–water partition coefficient (Wildman–Crippen LogP) is 2.77. The molecular weight excluding hydrogens is 351 g/mol. The van der Waals surface area contributed by atoms with Gasteiger partial charge in [0.2, 0.25) is 0 Å². The summed E-state index contributed by atoms with van der Waals surface area (Å²) in [6.45, 7) is 1.68. The standard InChI is InChI=1S/C19H20N2O4P/c1-26(23,19-12-17(21-25-19)16-10-6-3-7-11-16)20-13-18(22)24-14-15-8-4-2-5-9-15/h2-12,20,23H,13-14H2,1H3/q+1. The molecule has 0 saturated heterocycles. The van der Waals surface area contributed by atoms with Gasteiger partial charge in [-0.3, -0.25) is 4.79 Å². The molecule has 7 heteroatoms. The highest BCUT2D eigenvalue weighted by molar-refractivity contribution is 7.74. The molecule has 1 unspecified atom stereocenters. The van der Waals surface area contributed by atoms with Crippen LogP contribution >= 0.6 is 7.64 Å². The fourth-order valence-corrected chi connectivity index (χ4v) is 3.47. The quantitative estimate of drug-likeness (QED) is 0.491. The van der Waals surface area contributed by atoms with E-state index in [-0.39, 0.29) is 13.2 Å². The van der Waals surface area contributed by atoms with Crippen molar-refractivity contribution < 1.29 is 18.9 Å². The van der Waals surface area contributed by atoms with Crippen molar-refractivity contribution >= 4 is 19.1 Å². The Kier molecular flexibility index (Phi) is 5.78. The molecule has 1 aromatic heterocycles. The van der Waals surface area contributed by atoms with E-state index in [0.29, 0.717) is 11.2 Å². The number of esters is 1. The van der Waals surface area contributed by atoms with Gasteiger partial charge in [0.1, 0.15) is 18.8 Å². The fourth-order valence-electron chi connectivity index (χ4n) is 2.30. The molecule has 2 aromatic carbocycles. The number of hydrogen-bond acceptors (Lipinski definition) is 6. The lowest BCUT2D eigenvalue weighted by molar-refractivity contribution is -0.143. The van der Waals surface area contributed by atoms with Crippen LogP contribution in [-0.2, 0) is 16.1 Å². The van der Waals surface area contributed by atoms with Crippen molar-refractivity contribution in [3.05, 3.63) is 72.3 Å². The third-order valence-corrected chi connectivity index (χ3v) is 5.61. The number of carbonyl (C=O) groups is 1. The van der Waals surface area contributed by atoms with E-state index < -0.39 is 13.6 Å². The Morgan fingerprint density at radius 2 is 1.81 bits per heavy atom. The fraction of sp³-hybridized carbons (Fsp3) is 0.158. The third kappa shape index (κ3) is 4.76. The predicted molar refractivity (Wildman–Crippen MR) is 101 cm³/mol. The first-order valence-electron chi connectivity index (χ1n) is 8.11. The van der Waals surface area contributed by atoms with Gasteiger partial charge in [0.15, 0.2) is 0 Å². The first-order chi connectivity index (χ1) is 12.5. The molecule has 0 aliphatic carbocycles. The van der Waals surface area contributed by atoms with Crippen LogP contribution in [0.5, 0.6) is 0 Å². The summed E-state index contributed by atoms with van der Waals surface area (Å²) in [6, 6.07) is 20.6. The highest BCUT2D eigenvalue weighted by Gasteiger charge is 2.38. The smallest absolute Gasteiger partial charge is 0.323 e. The first kappa shape index (κ1) is 18.3. The number of carbonyl (C=O) groups excluding carboxylic acids is 1. The van der Waals surface area contributed by atoms with Crippen LogP contribution in [0.3, 0.4) is 0 Å². The van der Waals surface area contributed by atoms with Gasteiger partial charge < -0.3 is 9.26 Å². The molecule has 134 valence electrons. The second kappa shape index (κ2) is 8.23. The monoisotopic (exact) mass is 371 g/mol. The Bertz CT molecular complexity index is 850. The number of rotatable bonds is 7. The van der Waals surface area contributed by atoms with Gasteiger partial charge >= 0.3 is 11.5 Å². The Balaban J connectivity index is 1.55. The largest absolute Gasteiger partial charge is 0.460 e. The molecule has 0 saturated carbocycles. The van der Waals surface area contributed by atoms with Crippen LogP contribution in [0.4, 0.5) is 0 Å². The van der Waals surface area contributed by atoms with E-state index in [9.17, 15) is 9.69 Å². The molecule has 6 nitrogen and oxygen atoms in total. The SMILES string of the molecule is C[P+](O)(NCC(=O)OCc1ccccc1)c1cc(-c2ccccc2)no1. The molecule has 2 N–H and O–H groups in total. The number of nitrogens with one attached hydrogen (secondary N) is 1. The molecule has 0 spiro atoms. The summed E-state index contributed by atoms with van der Waals surface area (Å²) in [5, 5.41) is 6.83. The van der Waals surface area contributed by atoms with Crippen LogP contribution < -0.4 is 10.6 Å². The molecule has 1 atom stereocenters. The van der Waals surface area contributed by atoms with Crippen LogP contribution in [0.1, 0.15) is 5.56 Å². The van der Waals surface area contributed by atoms with E-state index >= 15 is 0 Å². The molecule has 0 aliphatic rings. The zero-order chi connectivity index (χ0) is 18.4. The maximum absolute atomic E-state index is 11.9. The second-order valence-electron chi connectivity index (χ2n) is 5.86. The number of ether oxygens (including phenoxy) is 1. The molecule has 0 fully saturated rings. The average molecular weight is 371 g/mol. The lowest BCUT2D eigenvalue weighted by Gasteiger charge is -2.11. The summed E-state index contributed by atoms with van der Waals surface area (Å²) in [7, 11) is -2.82.